The zero-order chi connectivity index (χ0) is 16.9. The lowest BCUT2D eigenvalue weighted by atomic mass is 10.0. The van der Waals surface area contributed by atoms with Crippen LogP contribution in [-0.4, -0.2) is 31.7 Å². The Labute approximate surface area is 140 Å². The molecule has 1 N–H and O–H groups in total. The van der Waals surface area contributed by atoms with Gasteiger partial charge in [-0.05, 0) is 40.6 Å². The average molecular weight is 322 g/mol. The number of benzene rings is 2. The van der Waals surface area contributed by atoms with Crippen LogP contribution in [0.1, 0.15) is 0 Å². The van der Waals surface area contributed by atoms with Crippen molar-refractivity contribution < 1.29 is 14.3 Å². The molecule has 0 atom stereocenters. The van der Waals surface area contributed by atoms with Gasteiger partial charge in [-0.1, -0.05) is 18.2 Å². The SMILES string of the molecule is CNC(=O)COc1ccc2cc(-c3cncc(OC)c3)ccc2c1. The lowest BCUT2D eigenvalue weighted by molar-refractivity contribution is -0.122. The Balaban J connectivity index is 1.87. The highest BCUT2D eigenvalue weighted by Gasteiger charge is 2.05. The third-order valence-corrected chi connectivity index (χ3v) is 3.74. The number of methoxy groups -OCH3 is 1. The van der Waals surface area contributed by atoms with Crippen molar-refractivity contribution >= 4 is 16.7 Å². The van der Waals surface area contributed by atoms with Gasteiger partial charge in [0.1, 0.15) is 11.5 Å². The zero-order valence-corrected chi connectivity index (χ0v) is 13.6. The number of ether oxygens (including phenoxy) is 2. The van der Waals surface area contributed by atoms with E-state index in [9.17, 15) is 4.79 Å². The van der Waals surface area contributed by atoms with E-state index >= 15 is 0 Å². The van der Waals surface area contributed by atoms with Gasteiger partial charge in [0, 0.05) is 18.8 Å². The fourth-order valence-corrected chi connectivity index (χ4v) is 2.40. The van der Waals surface area contributed by atoms with E-state index in [4.69, 9.17) is 9.47 Å². The van der Waals surface area contributed by atoms with Crippen molar-refractivity contribution in [2.75, 3.05) is 20.8 Å². The van der Waals surface area contributed by atoms with E-state index < -0.39 is 0 Å². The minimum atomic E-state index is -0.157. The van der Waals surface area contributed by atoms with E-state index in [1.807, 2.05) is 42.6 Å². The molecule has 0 radical (unpaired) electrons. The Kier molecular flexibility index (Phi) is 4.61. The van der Waals surface area contributed by atoms with E-state index in [1.165, 1.54) is 0 Å². The van der Waals surface area contributed by atoms with Crippen molar-refractivity contribution in [1.82, 2.24) is 10.3 Å². The number of amides is 1. The summed E-state index contributed by atoms with van der Waals surface area (Å²) in [6.07, 6.45) is 3.49. The second-order valence-electron chi connectivity index (χ2n) is 5.30. The van der Waals surface area contributed by atoms with Crippen molar-refractivity contribution in [3.8, 4) is 22.6 Å². The van der Waals surface area contributed by atoms with Crippen LogP contribution in [0.4, 0.5) is 0 Å². The van der Waals surface area contributed by atoms with Crippen molar-refractivity contribution in [3.63, 3.8) is 0 Å². The van der Waals surface area contributed by atoms with Gasteiger partial charge in [0.15, 0.2) is 6.61 Å². The molecule has 0 bridgehead atoms. The first-order chi connectivity index (χ1) is 11.7. The van der Waals surface area contributed by atoms with Gasteiger partial charge in [0.2, 0.25) is 0 Å². The number of hydrogen-bond acceptors (Lipinski definition) is 4. The number of rotatable bonds is 5. The van der Waals surface area contributed by atoms with E-state index in [2.05, 4.69) is 16.4 Å². The molecule has 24 heavy (non-hydrogen) atoms. The van der Waals surface area contributed by atoms with Crippen LogP contribution in [0, 0.1) is 0 Å². The van der Waals surface area contributed by atoms with Crippen molar-refractivity contribution in [2.24, 2.45) is 0 Å². The molecule has 0 saturated carbocycles. The molecule has 3 rings (SSSR count). The van der Waals surface area contributed by atoms with Gasteiger partial charge in [0.25, 0.3) is 5.91 Å². The number of likely N-dealkylation sites (N-methyl/N-ethyl adjacent to an activating group) is 1. The predicted molar refractivity (Wildman–Crippen MR) is 93.3 cm³/mol. The van der Waals surface area contributed by atoms with Crippen LogP contribution < -0.4 is 14.8 Å². The number of nitrogens with one attached hydrogen (secondary N) is 1. The van der Waals surface area contributed by atoms with Crippen molar-refractivity contribution in [3.05, 3.63) is 54.9 Å². The summed E-state index contributed by atoms with van der Waals surface area (Å²) in [4.78, 5) is 15.4. The zero-order valence-electron chi connectivity index (χ0n) is 13.6. The van der Waals surface area contributed by atoms with Crippen LogP contribution in [0.5, 0.6) is 11.5 Å². The Bertz CT molecular complexity index is 877. The van der Waals surface area contributed by atoms with Crippen LogP contribution in [0.3, 0.4) is 0 Å². The molecule has 5 nitrogen and oxygen atoms in total. The van der Waals surface area contributed by atoms with E-state index in [1.54, 1.807) is 20.4 Å². The van der Waals surface area contributed by atoms with Crippen molar-refractivity contribution in [2.45, 2.75) is 0 Å². The lowest BCUT2D eigenvalue weighted by Crippen LogP contribution is -2.24. The number of aromatic nitrogens is 1. The fourth-order valence-electron chi connectivity index (χ4n) is 2.40. The molecular weight excluding hydrogens is 304 g/mol. The second-order valence-corrected chi connectivity index (χ2v) is 5.30. The Morgan fingerprint density at radius 2 is 1.79 bits per heavy atom. The molecule has 0 aliphatic carbocycles. The standard InChI is InChI=1S/C19H18N2O3/c1-20-19(22)12-24-17-6-5-13-7-14(3-4-15(13)8-17)16-9-18(23-2)11-21-10-16/h3-11H,12H2,1-2H3,(H,20,22). The van der Waals surface area contributed by atoms with E-state index in [0.29, 0.717) is 5.75 Å². The van der Waals surface area contributed by atoms with Crippen LogP contribution >= 0.6 is 0 Å². The van der Waals surface area contributed by atoms with Gasteiger partial charge in [-0.15, -0.1) is 0 Å². The summed E-state index contributed by atoms with van der Waals surface area (Å²) in [5.74, 6) is 1.24. The maximum absolute atomic E-state index is 11.3. The summed E-state index contributed by atoms with van der Waals surface area (Å²) < 4.78 is 10.7. The van der Waals surface area contributed by atoms with Crippen molar-refractivity contribution in [1.29, 1.82) is 0 Å². The maximum Gasteiger partial charge on any atom is 0.257 e. The second kappa shape index (κ2) is 7.00. The monoisotopic (exact) mass is 322 g/mol. The molecule has 0 aliphatic rings. The van der Waals surface area contributed by atoms with E-state index in [-0.39, 0.29) is 12.5 Å². The van der Waals surface area contributed by atoms with Gasteiger partial charge in [-0.3, -0.25) is 9.78 Å². The molecule has 3 aromatic rings. The maximum atomic E-state index is 11.3. The third-order valence-electron chi connectivity index (χ3n) is 3.74. The number of carbonyl (C=O) groups excluding carboxylic acids is 1. The fraction of sp³-hybridized carbons (Fsp3) is 0.158. The first-order valence-corrected chi connectivity index (χ1v) is 7.56. The summed E-state index contributed by atoms with van der Waals surface area (Å²) in [5, 5.41) is 4.66. The van der Waals surface area contributed by atoms with Gasteiger partial charge >= 0.3 is 0 Å². The highest BCUT2D eigenvalue weighted by Crippen LogP contribution is 2.28. The van der Waals surface area contributed by atoms with Gasteiger partial charge < -0.3 is 14.8 Å². The van der Waals surface area contributed by atoms with Crippen LogP contribution in [0.2, 0.25) is 0 Å². The topological polar surface area (TPSA) is 60.5 Å². The van der Waals surface area contributed by atoms with Gasteiger partial charge in [-0.2, -0.15) is 0 Å². The molecule has 122 valence electrons. The molecule has 0 aliphatic heterocycles. The first kappa shape index (κ1) is 15.8. The molecule has 2 aromatic carbocycles. The number of pyridine rings is 1. The summed E-state index contributed by atoms with van der Waals surface area (Å²) in [6, 6.07) is 13.9. The van der Waals surface area contributed by atoms with Gasteiger partial charge in [-0.25, -0.2) is 0 Å². The van der Waals surface area contributed by atoms with Crippen LogP contribution in [0.25, 0.3) is 21.9 Å². The third kappa shape index (κ3) is 3.46. The molecule has 0 fully saturated rings. The first-order valence-electron chi connectivity index (χ1n) is 7.56. The number of nitrogens with zero attached hydrogens (tertiary/aromatic N) is 1. The average Bonchev–Trinajstić information content (AvgIpc) is 2.65. The molecular formula is C19H18N2O3. The van der Waals surface area contributed by atoms with Crippen LogP contribution in [-0.2, 0) is 4.79 Å². The number of hydrogen-bond donors (Lipinski definition) is 1. The lowest BCUT2D eigenvalue weighted by Gasteiger charge is -2.08. The minimum Gasteiger partial charge on any atom is -0.495 e. The normalized spacial score (nSPS) is 10.4. The number of fused-ring (bicyclic) bond motifs is 1. The minimum absolute atomic E-state index is 0.00949. The molecule has 5 heteroatoms. The Morgan fingerprint density at radius 1 is 1.00 bits per heavy atom. The summed E-state index contributed by atoms with van der Waals surface area (Å²) in [7, 11) is 3.21. The number of carbonyl (C=O) groups is 1. The molecule has 0 spiro atoms. The smallest absolute Gasteiger partial charge is 0.257 e. The molecule has 1 amide bonds. The Hall–Kier alpha value is -3.08. The largest absolute Gasteiger partial charge is 0.495 e. The predicted octanol–water partition coefficient (Wildman–Crippen LogP) is 3.04. The highest BCUT2D eigenvalue weighted by molar-refractivity contribution is 5.88. The van der Waals surface area contributed by atoms with E-state index in [0.717, 1.165) is 27.6 Å². The molecule has 0 saturated heterocycles. The summed E-state index contributed by atoms with van der Waals surface area (Å²) >= 11 is 0. The quantitative estimate of drug-likeness (QED) is 0.784. The summed E-state index contributed by atoms with van der Waals surface area (Å²) in [6.45, 7) is 0.00949. The van der Waals surface area contributed by atoms with Gasteiger partial charge in [0.05, 0.1) is 13.3 Å². The molecule has 1 heterocycles. The Morgan fingerprint density at radius 3 is 2.58 bits per heavy atom. The molecule has 0 unspecified atom stereocenters. The summed E-state index contributed by atoms with van der Waals surface area (Å²) in [5.41, 5.74) is 2.06. The highest BCUT2D eigenvalue weighted by atomic mass is 16.5. The molecule has 1 aromatic heterocycles. The van der Waals surface area contributed by atoms with Crippen LogP contribution in [0.15, 0.2) is 54.9 Å².